The van der Waals surface area contributed by atoms with Gasteiger partial charge in [0.25, 0.3) is 0 Å². The van der Waals surface area contributed by atoms with Crippen molar-refractivity contribution in [2.45, 2.75) is 63.3 Å². The first-order valence-corrected chi connectivity index (χ1v) is 8.21. The number of carbonyl (C=O) groups is 1. The molecule has 2 nitrogen and oxygen atoms in total. The molecule has 1 saturated heterocycles. The zero-order valence-electron chi connectivity index (χ0n) is 12.8. The summed E-state index contributed by atoms with van der Waals surface area (Å²) in [5.74, 6) is -0.00364. The molecule has 3 rings (SSSR count). The summed E-state index contributed by atoms with van der Waals surface area (Å²) < 4.78 is 13.6. The van der Waals surface area contributed by atoms with Crippen LogP contribution < -0.4 is 0 Å². The van der Waals surface area contributed by atoms with Crippen LogP contribution in [0.4, 0.5) is 4.39 Å². The first-order chi connectivity index (χ1) is 10.1. The SMILES string of the molecule is CC1CCCCN1C(=O)C1(c2cccc(F)c2)CCCC1. The van der Waals surface area contributed by atoms with Crippen LogP contribution in [0.15, 0.2) is 24.3 Å². The molecule has 1 aromatic rings. The molecule has 1 heterocycles. The lowest BCUT2D eigenvalue weighted by molar-refractivity contribution is -0.140. The summed E-state index contributed by atoms with van der Waals surface area (Å²) in [5, 5.41) is 0. The number of halogens is 1. The van der Waals surface area contributed by atoms with Crippen molar-refractivity contribution in [3.05, 3.63) is 35.6 Å². The zero-order valence-corrected chi connectivity index (χ0v) is 12.8. The van der Waals surface area contributed by atoms with Gasteiger partial charge >= 0.3 is 0 Å². The Bertz CT molecular complexity index is 522. The first-order valence-electron chi connectivity index (χ1n) is 8.21. The number of amides is 1. The second-order valence-corrected chi connectivity index (χ2v) is 6.64. The van der Waals surface area contributed by atoms with E-state index in [1.807, 2.05) is 6.07 Å². The molecule has 0 aromatic heterocycles. The van der Waals surface area contributed by atoms with Crippen molar-refractivity contribution >= 4 is 5.91 Å². The van der Waals surface area contributed by atoms with Gasteiger partial charge in [0.15, 0.2) is 0 Å². The van der Waals surface area contributed by atoms with Crippen LogP contribution in [-0.2, 0) is 10.2 Å². The van der Waals surface area contributed by atoms with E-state index in [2.05, 4.69) is 11.8 Å². The van der Waals surface area contributed by atoms with E-state index >= 15 is 0 Å². The van der Waals surface area contributed by atoms with Crippen molar-refractivity contribution < 1.29 is 9.18 Å². The summed E-state index contributed by atoms with van der Waals surface area (Å²) in [6, 6.07) is 7.01. The van der Waals surface area contributed by atoms with Gasteiger partial charge in [-0.25, -0.2) is 4.39 Å². The number of likely N-dealkylation sites (tertiary alicyclic amines) is 1. The molecule has 0 bridgehead atoms. The van der Waals surface area contributed by atoms with E-state index in [1.54, 1.807) is 12.1 Å². The predicted octanol–water partition coefficient (Wildman–Crippen LogP) is 4.04. The van der Waals surface area contributed by atoms with E-state index in [1.165, 1.54) is 12.5 Å². The second-order valence-electron chi connectivity index (χ2n) is 6.64. The van der Waals surface area contributed by atoms with Crippen molar-refractivity contribution in [2.75, 3.05) is 6.54 Å². The van der Waals surface area contributed by atoms with E-state index < -0.39 is 5.41 Å². The van der Waals surface area contributed by atoms with Crippen molar-refractivity contribution in [3.8, 4) is 0 Å². The monoisotopic (exact) mass is 289 g/mol. The van der Waals surface area contributed by atoms with Gasteiger partial charge in [-0.3, -0.25) is 4.79 Å². The molecule has 1 saturated carbocycles. The number of nitrogens with zero attached hydrogens (tertiary/aromatic N) is 1. The van der Waals surface area contributed by atoms with Crippen LogP contribution in [0.3, 0.4) is 0 Å². The van der Waals surface area contributed by atoms with Gasteiger partial charge < -0.3 is 4.90 Å². The summed E-state index contributed by atoms with van der Waals surface area (Å²) in [5.41, 5.74) is 0.399. The second kappa shape index (κ2) is 5.78. The Kier molecular flexibility index (Phi) is 4.01. The number of benzene rings is 1. The number of carbonyl (C=O) groups excluding carboxylic acids is 1. The summed E-state index contributed by atoms with van der Waals surface area (Å²) >= 11 is 0. The zero-order chi connectivity index (χ0) is 14.9. The van der Waals surface area contributed by atoms with Crippen LogP contribution in [0.25, 0.3) is 0 Å². The third kappa shape index (κ3) is 2.58. The highest BCUT2D eigenvalue weighted by Crippen LogP contribution is 2.43. The molecule has 114 valence electrons. The van der Waals surface area contributed by atoms with Crippen molar-refractivity contribution in [1.29, 1.82) is 0 Å². The minimum Gasteiger partial charge on any atom is -0.339 e. The Morgan fingerprint density at radius 2 is 2.00 bits per heavy atom. The Morgan fingerprint density at radius 1 is 1.24 bits per heavy atom. The molecule has 1 atom stereocenters. The molecule has 1 aliphatic carbocycles. The Morgan fingerprint density at radius 3 is 2.67 bits per heavy atom. The molecule has 1 aliphatic heterocycles. The van der Waals surface area contributed by atoms with Crippen LogP contribution in [0.2, 0.25) is 0 Å². The van der Waals surface area contributed by atoms with Gasteiger partial charge in [0.2, 0.25) is 5.91 Å². The molecule has 2 fully saturated rings. The molecular weight excluding hydrogens is 265 g/mol. The molecule has 1 amide bonds. The van der Waals surface area contributed by atoms with Crippen molar-refractivity contribution in [2.24, 2.45) is 0 Å². The van der Waals surface area contributed by atoms with Gasteiger partial charge in [-0.15, -0.1) is 0 Å². The topological polar surface area (TPSA) is 20.3 Å². The van der Waals surface area contributed by atoms with Gasteiger partial charge in [0.1, 0.15) is 5.82 Å². The molecule has 3 heteroatoms. The molecule has 1 unspecified atom stereocenters. The van der Waals surface area contributed by atoms with Gasteiger partial charge in [0, 0.05) is 12.6 Å². The first kappa shape index (κ1) is 14.6. The normalized spacial score (nSPS) is 25.0. The van der Waals surface area contributed by atoms with Crippen LogP contribution in [0.5, 0.6) is 0 Å². The van der Waals surface area contributed by atoms with Crippen LogP contribution in [0, 0.1) is 5.82 Å². The third-order valence-electron chi connectivity index (χ3n) is 5.31. The number of hydrogen-bond acceptors (Lipinski definition) is 1. The molecule has 0 spiro atoms. The Hall–Kier alpha value is -1.38. The Balaban J connectivity index is 1.95. The van der Waals surface area contributed by atoms with Crippen LogP contribution in [0.1, 0.15) is 57.4 Å². The molecule has 21 heavy (non-hydrogen) atoms. The fourth-order valence-corrected chi connectivity index (χ4v) is 4.07. The molecule has 0 N–H and O–H groups in total. The highest BCUT2D eigenvalue weighted by molar-refractivity contribution is 5.89. The molecular formula is C18H24FNO. The minimum atomic E-state index is -0.478. The van der Waals surface area contributed by atoms with Gasteiger partial charge in [-0.05, 0) is 56.7 Å². The van der Waals surface area contributed by atoms with Gasteiger partial charge in [0.05, 0.1) is 5.41 Å². The maximum atomic E-state index is 13.6. The lowest BCUT2D eigenvalue weighted by Crippen LogP contribution is -2.51. The maximum absolute atomic E-state index is 13.6. The molecule has 0 radical (unpaired) electrons. The molecule has 1 aromatic carbocycles. The fraction of sp³-hybridized carbons (Fsp3) is 0.611. The lowest BCUT2D eigenvalue weighted by atomic mass is 9.76. The van der Waals surface area contributed by atoms with Gasteiger partial charge in [-0.1, -0.05) is 25.0 Å². The largest absolute Gasteiger partial charge is 0.339 e. The van der Waals surface area contributed by atoms with Gasteiger partial charge in [-0.2, -0.15) is 0 Å². The predicted molar refractivity (Wildman–Crippen MR) is 81.6 cm³/mol. The van der Waals surface area contributed by atoms with E-state index in [0.717, 1.165) is 50.6 Å². The standard InChI is InChI=1S/C18H24FNO/c1-14-7-2-5-12-20(14)17(21)18(10-3-4-11-18)15-8-6-9-16(19)13-15/h6,8-9,13-14H,2-5,7,10-12H2,1H3. The van der Waals surface area contributed by atoms with E-state index in [4.69, 9.17) is 0 Å². The number of rotatable bonds is 2. The highest BCUT2D eigenvalue weighted by Gasteiger charge is 2.46. The van der Waals surface area contributed by atoms with E-state index in [9.17, 15) is 9.18 Å². The minimum absolute atomic E-state index is 0.234. The number of piperidine rings is 1. The lowest BCUT2D eigenvalue weighted by Gasteiger charge is -2.40. The summed E-state index contributed by atoms with van der Waals surface area (Å²) in [7, 11) is 0. The maximum Gasteiger partial charge on any atom is 0.233 e. The van der Waals surface area contributed by atoms with E-state index in [-0.39, 0.29) is 11.7 Å². The smallest absolute Gasteiger partial charge is 0.233 e. The summed E-state index contributed by atoms with van der Waals surface area (Å²) in [4.78, 5) is 15.3. The Labute approximate surface area is 126 Å². The summed E-state index contributed by atoms with van der Waals surface area (Å²) in [6.07, 6.45) is 7.23. The van der Waals surface area contributed by atoms with Crippen molar-refractivity contribution in [1.82, 2.24) is 4.90 Å². The fourth-order valence-electron chi connectivity index (χ4n) is 4.07. The van der Waals surface area contributed by atoms with Crippen molar-refractivity contribution in [3.63, 3.8) is 0 Å². The van der Waals surface area contributed by atoms with E-state index in [0.29, 0.717) is 6.04 Å². The average Bonchev–Trinajstić information content (AvgIpc) is 2.98. The molecule has 2 aliphatic rings. The third-order valence-corrected chi connectivity index (χ3v) is 5.31. The quantitative estimate of drug-likeness (QED) is 0.804. The average molecular weight is 289 g/mol. The number of hydrogen-bond donors (Lipinski definition) is 0. The highest BCUT2D eigenvalue weighted by atomic mass is 19.1. The van der Waals surface area contributed by atoms with Crippen LogP contribution in [-0.4, -0.2) is 23.4 Å². The summed E-state index contributed by atoms with van der Waals surface area (Å²) in [6.45, 7) is 3.00. The van der Waals surface area contributed by atoms with Crippen LogP contribution >= 0.6 is 0 Å².